The molecule has 1 unspecified atom stereocenters. The van der Waals surface area contributed by atoms with E-state index in [1.807, 2.05) is 60.7 Å². The molecule has 1 atom stereocenters. The Morgan fingerprint density at radius 3 is 2.64 bits per heavy atom. The summed E-state index contributed by atoms with van der Waals surface area (Å²) in [6.07, 6.45) is 5.55. The molecule has 36 heavy (non-hydrogen) atoms. The number of rotatable bonds is 5. The second-order valence-electron chi connectivity index (χ2n) is 9.70. The summed E-state index contributed by atoms with van der Waals surface area (Å²) in [5, 5.41) is 14.9. The quantitative estimate of drug-likeness (QED) is 0.580. The average Bonchev–Trinajstić information content (AvgIpc) is 3.29. The van der Waals surface area contributed by atoms with Crippen LogP contribution in [-0.2, 0) is 15.1 Å². The van der Waals surface area contributed by atoms with Crippen LogP contribution in [0.5, 0.6) is 5.75 Å². The fourth-order valence-electron chi connectivity index (χ4n) is 4.71. The van der Waals surface area contributed by atoms with Gasteiger partial charge >= 0.3 is 0 Å². The van der Waals surface area contributed by atoms with E-state index in [1.165, 1.54) is 12.1 Å². The molecule has 0 aliphatic carbocycles. The maximum atomic E-state index is 13.7. The number of ether oxygens (including phenoxy) is 2. The number of amidine groups is 1. The van der Waals surface area contributed by atoms with E-state index >= 15 is 0 Å². The van der Waals surface area contributed by atoms with Gasteiger partial charge in [0, 0.05) is 6.20 Å². The third-order valence-electron chi connectivity index (χ3n) is 6.51. The van der Waals surface area contributed by atoms with Gasteiger partial charge in [0.05, 0.1) is 38.0 Å². The lowest BCUT2D eigenvalue weighted by molar-refractivity contribution is -0.0883. The molecule has 5 rings (SSSR count). The standard InChI is InChI=1S/C27H29FN4O4/c1-18-13-31(17-29-18)22-10-5-19(11-23(22)34-4)12-24-25-30-35-16-27(15-33,20-6-8-21(28)9-7-20)32(25)14-26(2,3)36-24/h5-13,17,33H,14-16H2,1-4H3/b24-12-. The zero-order valence-corrected chi connectivity index (χ0v) is 20.7. The zero-order valence-electron chi connectivity index (χ0n) is 20.7. The molecule has 9 heteroatoms. The minimum atomic E-state index is -0.939. The Morgan fingerprint density at radius 1 is 1.19 bits per heavy atom. The van der Waals surface area contributed by atoms with E-state index in [0.717, 1.165) is 22.5 Å². The van der Waals surface area contributed by atoms with Crippen molar-refractivity contribution in [3.05, 3.63) is 83.4 Å². The number of imidazole rings is 1. The van der Waals surface area contributed by atoms with Crippen molar-refractivity contribution >= 4 is 11.9 Å². The van der Waals surface area contributed by atoms with Crippen molar-refractivity contribution in [3.8, 4) is 11.4 Å². The molecule has 2 aliphatic rings. The summed E-state index contributed by atoms with van der Waals surface area (Å²) in [4.78, 5) is 11.9. The van der Waals surface area contributed by atoms with E-state index in [0.29, 0.717) is 23.9 Å². The van der Waals surface area contributed by atoms with Crippen LogP contribution in [0.25, 0.3) is 11.8 Å². The summed E-state index contributed by atoms with van der Waals surface area (Å²) in [6, 6.07) is 11.9. The Morgan fingerprint density at radius 2 is 1.97 bits per heavy atom. The third-order valence-corrected chi connectivity index (χ3v) is 6.51. The lowest BCUT2D eigenvalue weighted by atomic mass is 9.86. The first kappa shape index (κ1) is 23.9. The molecule has 0 bridgehead atoms. The largest absolute Gasteiger partial charge is 0.495 e. The van der Waals surface area contributed by atoms with Crippen LogP contribution in [0.1, 0.15) is 30.7 Å². The van der Waals surface area contributed by atoms with Crippen molar-refractivity contribution in [3.63, 3.8) is 0 Å². The van der Waals surface area contributed by atoms with Crippen molar-refractivity contribution in [2.24, 2.45) is 5.16 Å². The van der Waals surface area contributed by atoms with Crippen LogP contribution in [0.2, 0.25) is 0 Å². The molecule has 3 heterocycles. The van der Waals surface area contributed by atoms with Crippen LogP contribution in [0.15, 0.2) is 65.9 Å². The minimum absolute atomic E-state index is 0.120. The van der Waals surface area contributed by atoms with Crippen molar-refractivity contribution in [2.45, 2.75) is 31.9 Å². The summed E-state index contributed by atoms with van der Waals surface area (Å²) in [5.74, 6) is 1.29. The number of halogens is 1. The molecule has 0 spiro atoms. The zero-order chi connectivity index (χ0) is 25.5. The normalized spacial score (nSPS) is 21.9. The second kappa shape index (κ2) is 8.98. The summed E-state index contributed by atoms with van der Waals surface area (Å²) < 4.78 is 27.6. The first-order chi connectivity index (χ1) is 17.2. The predicted octanol–water partition coefficient (Wildman–Crippen LogP) is 4.01. The summed E-state index contributed by atoms with van der Waals surface area (Å²) >= 11 is 0. The molecule has 0 radical (unpaired) electrons. The molecular formula is C27H29FN4O4. The highest BCUT2D eigenvalue weighted by molar-refractivity contribution is 6.01. The van der Waals surface area contributed by atoms with Gasteiger partial charge in [0.1, 0.15) is 29.3 Å². The number of oxime groups is 1. The summed E-state index contributed by atoms with van der Waals surface area (Å²) in [6.45, 7) is 6.21. The van der Waals surface area contributed by atoms with Gasteiger partial charge < -0.3 is 28.9 Å². The minimum Gasteiger partial charge on any atom is -0.495 e. The van der Waals surface area contributed by atoms with Gasteiger partial charge in [-0.2, -0.15) is 0 Å². The number of aromatic nitrogens is 2. The number of hydrogen-bond donors (Lipinski definition) is 1. The molecule has 1 aromatic heterocycles. The molecule has 2 aromatic carbocycles. The molecule has 1 fully saturated rings. The number of benzene rings is 2. The van der Waals surface area contributed by atoms with E-state index in [2.05, 4.69) is 10.1 Å². The molecule has 2 aliphatic heterocycles. The predicted molar refractivity (Wildman–Crippen MR) is 133 cm³/mol. The molecule has 3 aromatic rings. The van der Waals surface area contributed by atoms with Gasteiger partial charge in [-0.05, 0) is 62.2 Å². The van der Waals surface area contributed by atoms with Crippen LogP contribution < -0.4 is 4.74 Å². The summed E-state index contributed by atoms with van der Waals surface area (Å²) in [5.41, 5.74) is 1.81. The topological polar surface area (TPSA) is 81.3 Å². The van der Waals surface area contributed by atoms with E-state index in [-0.39, 0.29) is 19.0 Å². The highest BCUT2D eigenvalue weighted by atomic mass is 19.1. The summed E-state index contributed by atoms with van der Waals surface area (Å²) in [7, 11) is 1.62. The lowest BCUT2D eigenvalue weighted by Crippen LogP contribution is -2.63. The van der Waals surface area contributed by atoms with Crippen molar-refractivity contribution in [1.29, 1.82) is 0 Å². The first-order valence-electron chi connectivity index (χ1n) is 11.7. The van der Waals surface area contributed by atoms with Crippen molar-refractivity contribution in [2.75, 3.05) is 26.9 Å². The number of hydrogen-bond acceptors (Lipinski definition) is 7. The van der Waals surface area contributed by atoms with Crippen molar-refractivity contribution < 1.29 is 23.8 Å². The highest BCUT2D eigenvalue weighted by Gasteiger charge is 2.50. The molecule has 0 amide bonds. The van der Waals surface area contributed by atoms with Gasteiger partial charge in [0.2, 0.25) is 5.84 Å². The molecule has 1 N–H and O–H groups in total. The van der Waals surface area contributed by atoms with Gasteiger partial charge in [-0.15, -0.1) is 0 Å². The Bertz CT molecular complexity index is 1330. The van der Waals surface area contributed by atoms with E-state index in [1.54, 1.807) is 25.6 Å². The van der Waals surface area contributed by atoms with Crippen LogP contribution in [0, 0.1) is 12.7 Å². The average molecular weight is 493 g/mol. The van der Waals surface area contributed by atoms with Crippen molar-refractivity contribution in [1.82, 2.24) is 14.5 Å². The molecule has 188 valence electrons. The second-order valence-corrected chi connectivity index (χ2v) is 9.70. The highest BCUT2D eigenvalue weighted by Crippen LogP contribution is 2.40. The Labute approximate surface area is 209 Å². The van der Waals surface area contributed by atoms with E-state index in [9.17, 15) is 9.50 Å². The number of methoxy groups -OCH3 is 1. The monoisotopic (exact) mass is 492 g/mol. The Kier molecular flexibility index (Phi) is 5.96. The SMILES string of the molecule is COc1cc(/C=C2\OC(C)(C)CN3C2=NOCC3(CO)c2ccc(F)cc2)ccc1-n1cnc(C)c1. The number of fused-ring (bicyclic) bond motifs is 1. The van der Waals surface area contributed by atoms with Crippen LogP contribution in [0.4, 0.5) is 4.39 Å². The number of aliphatic hydroxyl groups excluding tert-OH is 1. The number of morpholine rings is 1. The van der Waals surface area contributed by atoms with Gasteiger partial charge in [-0.25, -0.2) is 9.37 Å². The fraction of sp³-hybridized carbons (Fsp3) is 0.333. The number of nitrogens with zero attached hydrogens (tertiary/aromatic N) is 4. The smallest absolute Gasteiger partial charge is 0.211 e. The Hall–Kier alpha value is -3.85. The maximum Gasteiger partial charge on any atom is 0.211 e. The van der Waals surface area contributed by atoms with Crippen LogP contribution >= 0.6 is 0 Å². The van der Waals surface area contributed by atoms with Gasteiger partial charge in [0.15, 0.2) is 5.76 Å². The maximum absolute atomic E-state index is 13.7. The van der Waals surface area contributed by atoms with E-state index in [4.69, 9.17) is 14.3 Å². The van der Waals surface area contributed by atoms with Gasteiger partial charge in [-0.1, -0.05) is 23.4 Å². The Balaban J connectivity index is 1.56. The molecule has 8 nitrogen and oxygen atoms in total. The molecule has 0 saturated carbocycles. The molecule has 1 saturated heterocycles. The van der Waals surface area contributed by atoms with Gasteiger partial charge in [0.25, 0.3) is 0 Å². The first-order valence-corrected chi connectivity index (χ1v) is 11.7. The third kappa shape index (κ3) is 4.19. The van der Waals surface area contributed by atoms with Crippen LogP contribution in [-0.4, -0.2) is 57.9 Å². The molecular weight excluding hydrogens is 463 g/mol. The van der Waals surface area contributed by atoms with Crippen LogP contribution in [0.3, 0.4) is 0 Å². The number of aliphatic hydroxyl groups is 1. The lowest BCUT2D eigenvalue weighted by Gasteiger charge is -2.52. The van der Waals surface area contributed by atoms with E-state index < -0.39 is 11.1 Å². The van der Waals surface area contributed by atoms with Gasteiger partial charge in [-0.3, -0.25) is 0 Å². The number of aryl methyl sites for hydroxylation is 1. The fourth-order valence-corrected chi connectivity index (χ4v) is 4.71.